The zero-order valence-corrected chi connectivity index (χ0v) is 13.2. The molecule has 1 aliphatic carbocycles. The average Bonchev–Trinajstić information content (AvgIpc) is 2.89. The molecule has 0 amide bonds. The van der Waals surface area contributed by atoms with E-state index in [1.54, 1.807) is 0 Å². The Bertz CT molecular complexity index is 741. The van der Waals surface area contributed by atoms with Crippen molar-refractivity contribution < 1.29 is 4.79 Å². The summed E-state index contributed by atoms with van der Waals surface area (Å²) < 4.78 is 0. The molecule has 2 heteroatoms. The smallest absolute Gasteiger partial charge is 0.191 e. The number of Topliss-reactive ketones (excluding diaryl/α,β-unsaturated/α-hetero) is 1. The molecule has 116 valence electrons. The molecule has 1 saturated heterocycles. The number of nitrogens with zero attached hydrogens (tertiary/aromatic N) is 1. The van der Waals surface area contributed by atoms with E-state index in [2.05, 4.69) is 35.2 Å². The van der Waals surface area contributed by atoms with Gasteiger partial charge in [0.05, 0.1) is 6.04 Å². The summed E-state index contributed by atoms with van der Waals surface area (Å²) in [6.07, 6.45) is 5.84. The Morgan fingerprint density at radius 2 is 1.57 bits per heavy atom. The summed E-state index contributed by atoms with van der Waals surface area (Å²) >= 11 is 0. The van der Waals surface area contributed by atoms with Crippen LogP contribution < -0.4 is 0 Å². The van der Waals surface area contributed by atoms with Crippen LogP contribution in [0.15, 0.2) is 60.2 Å². The fourth-order valence-electron chi connectivity index (χ4n) is 3.83. The third-order valence-electron chi connectivity index (χ3n) is 4.93. The molecule has 0 radical (unpaired) electrons. The van der Waals surface area contributed by atoms with Crippen molar-refractivity contribution in [1.29, 1.82) is 0 Å². The number of benzene rings is 2. The van der Waals surface area contributed by atoms with Gasteiger partial charge in [-0.3, -0.25) is 9.69 Å². The van der Waals surface area contributed by atoms with E-state index in [1.165, 1.54) is 24.8 Å². The standard InChI is InChI=1S/C21H21NO/c23-21-18-12-6-5-11-17(18)20(22-13-7-2-8-14-22)19(21)15-16-9-3-1-4-10-16/h1,3-6,9-12,15,20H,2,7-8,13-14H2/b19-15-. The third-order valence-corrected chi connectivity index (χ3v) is 4.93. The molecule has 23 heavy (non-hydrogen) atoms. The number of hydrogen-bond acceptors (Lipinski definition) is 2. The average molecular weight is 303 g/mol. The molecule has 4 rings (SSSR count). The summed E-state index contributed by atoms with van der Waals surface area (Å²) in [7, 11) is 0. The Balaban J connectivity index is 1.80. The number of ketones is 1. The molecule has 2 aromatic rings. The van der Waals surface area contributed by atoms with Gasteiger partial charge in [-0.25, -0.2) is 0 Å². The molecule has 0 aromatic heterocycles. The second-order valence-electron chi connectivity index (χ2n) is 6.43. The Morgan fingerprint density at radius 3 is 2.35 bits per heavy atom. The van der Waals surface area contributed by atoms with Crippen LogP contribution in [-0.2, 0) is 0 Å². The van der Waals surface area contributed by atoms with E-state index in [1.807, 2.05) is 30.3 Å². The van der Waals surface area contributed by atoms with Crippen molar-refractivity contribution in [1.82, 2.24) is 4.90 Å². The number of hydrogen-bond donors (Lipinski definition) is 0. The van der Waals surface area contributed by atoms with Crippen LogP contribution >= 0.6 is 0 Å². The van der Waals surface area contributed by atoms with Gasteiger partial charge in [0.25, 0.3) is 0 Å². The van der Waals surface area contributed by atoms with Crippen LogP contribution in [-0.4, -0.2) is 23.8 Å². The molecular formula is C21H21NO. The monoisotopic (exact) mass is 303 g/mol. The highest BCUT2D eigenvalue weighted by molar-refractivity contribution is 6.16. The maximum atomic E-state index is 13.0. The molecule has 1 unspecified atom stereocenters. The van der Waals surface area contributed by atoms with Crippen molar-refractivity contribution in [3.05, 3.63) is 76.9 Å². The summed E-state index contributed by atoms with van der Waals surface area (Å²) in [6, 6.07) is 18.4. The lowest BCUT2D eigenvalue weighted by molar-refractivity contribution is 0.102. The van der Waals surface area contributed by atoms with E-state index in [4.69, 9.17) is 0 Å². The van der Waals surface area contributed by atoms with Gasteiger partial charge in [-0.1, -0.05) is 61.0 Å². The van der Waals surface area contributed by atoms with Gasteiger partial charge in [0, 0.05) is 11.1 Å². The van der Waals surface area contributed by atoms with Crippen LogP contribution in [0.4, 0.5) is 0 Å². The number of likely N-dealkylation sites (tertiary alicyclic amines) is 1. The van der Waals surface area contributed by atoms with Gasteiger partial charge in [0.15, 0.2) is 5.78 Å². The summed E-state index contributed by atoms with van der Waals surface area (Å²) in [5.41, 5.74) is 4.09. The van der Waals surface area contributed by atoms with Crippen molar-refractivity contribution in [2.24, 2.45) is 0 Å². The SMILES string of the molecule is O=C1/C(=C\c2ccccc2)C(N2CCCCC2)c2ccccc21. The maximum absolute atomic E-state index is 13.0. The molecule has 0 saturated carbocycles. The first-order valence-electron chi connectivity index (χ1n) is 8.49. The Morgan fingerprint density at radius 1 is 0.870 bits per heavy atom. The van der Waals surface area contributed by atoms with Gasteiger partial charge in [-0.2, -0.15) is 0 Å². The van der Waals surface area contributed by atoms with Gasteiger partial charge in [0.2, 0.25) is 0 Å². The number of rotatable bonds is 2. The summed E-state index contributed by atoms with van der Waals surface area (Å²) in [5.74, 6) is 0.194. The Kier molecular flexibility index (Phi) is 3.84. The minimum Gasteiger partial charge on any atom is -0.292 e. The van der Waals surface area contributed by atoms with Crippen LogP contribution in [0.3, 0.4) is 0 Å². The molecule has 1 atom stereocenters. The van der Waals surface area contributed by atoms with Gasteiger partial charge in [0.1, 0.15) is 0 Å². The number of carbonyl (C=O) groups is 1. The topological polar surface area (TPSA) is 20.3 Å². The molecular weight excluding hydrogens is 282 g/mol. The van der Waals surface area contributed by atoms with Crippen LogP contribution in [0.2, 0.25) is 0 Å². The summed E-state index contributed by atoms with van der Waals surface area (Å²) in [5, 5.41) is 0. The molecule has 1 aliphatic heterocycles. The highest BCUT2D eigenvalue weighted by Gasteiger charge is 2.38. The van der Waals surface area contributed by atoms with E-state index >= 15 is 0 Å². The van der Waals surface area contributed by atoms with Crippen molar-refractivity contribution in [3.63, 3.8) is 0 Å². The molecule has 0 N–H and O–H groups in total. The van der Waals surface area contributed by atoms with Crippen molar-refractivity contribution in [2.45, 2.75) is 25.3 Å². The Labute approximate surface area is 137 Å². The van der Waals surface area contributed by atoms with Gasteiger partial charge in [-0.15, -0.1) is 0 Å². The molecule has 2 aromatic carbocycles. The number of carbonyl (C=O) groups excluding carboxylic acids is 1. The predicted molar refractivity (Wildman–Crippen MR) is 93.4 cm³/mol. The number of fused-ring (bicyclic) bond motifs is 1. The minimum absolute atomic E-state index is 0.124. The van der Waals surface area contributed by atoms with Gasteiger partial charge >= 0.3 is 0 Å². The summed E-state index contributed by atoms with van der Waals surface area (Å²) in [4.78, 5) is 15.4. The van der Waals surface area contributed by atoms with Crippen molar-refractivity contribution in [2.75, 3.05) is 13.1 Å². The van der Waals surface area contributed by atoms with Crippen molar-refractivity contribution >= 4 is 11.9 Å². The Hall–Kier alpha value is -2.19. The second kappa shape index (κ2) is 6.13. The van der Waals surface area contributed by atoms with E-state index in [0.717, 1.165) is 29.8 Å². The quantitative estimate of drug-likeness (QED) is 0.762. The van der Waals surface area contributed by atoms with Crippen LogP contribution in [0.25, 0.3) is 6.08 Å². The van der Waals surface area contributed by atoms with E-state index in [9.17, 15) is 4.79 Å². The summed E-state index contributed by atoms with van der Waals surface area (Å²) in [6.45, 7) is 2.16. The fraction of sp³-hybridized carbons (Fsp3) is 0.286. The molecule has 1 fully saturated rings. The highest BCUT2D eigenvalue weighted by Crippen LogP contribution is 2.41. The lowest BCUT2D eigenvalue weighted by Gasteiger charge is -2.33. The van der Waals surface area contributed by atoms with E-state index < -0.39 is 0 Å². The molecule has 0 spiro atoms. The molecule has 0 bridgehead atoms. The first kappa shape index (κ1) is 14.4. The largest absolute Gasteiger partial charge is 0.292 e. The molecule has 2 aliphatic rings. The van der Waals surface area contributed by atoms with Gasteiger partial charge < -0.3 is 0 Å². The van der Waals surface area contributed by atoms with Gasteiger partial charge in [-0.05, 0) is 43.1 Å². The fourth-order valence-corrected chi connectivity index (χ4v) is 3.83. The number of piperidine rings is 1. The lowest BCUT2D eigenvalue weighted by Crippen LogP contribution is -2.33. The minimum atomic E-state index is 0.124. The predicted octanol–water partition coefficient (Wildman–Crippen LogP) is 4.49. The molecule has 2 nitrogen and oxygen atoms in total. The zero-order chi connectivity index (χ0) is 15.6. The zero-order valence-electron chi connectivity index (χ0n) is 13.2. The molecule has 1 heterocycles. The van der Waals surface area contributed by atoms with E-state index in [-0.39, 0.29) is 11.8 Å². The normalized spacial score (nSPS) is 23.2. The first-order valence-corrected chi connectivity index (χ1v) is 8.49. The first-order chi connectivity index (χ1) is 11.3. The maximum Gasteiger partial charge on any atom is 0.191 e. The van der Waals surface area contributed by atoms with Crippen LogP contribution in [0, 0.1) is 0 Å². The van der Waals surface area contributed by atoms with Crippen LogP contribution in [0.5, 0.6) is 0 Å². The van der Waals surface area contributed by atoms with Crippen molar-refractivity contribution in [3.8, 4) is 0 Å². The van der Waals surface area contributed by atoms with E-state index in [0.29, 0.717) is 0 Å². The van der Waals surface area contributed by atoms with Crippen LogP contribution in [0.1, 0.15) is 46.8 Å². The highest BCUT2D eigenvalue weighted by atomic mass is 16.1. The lowest BCUT2D eigenvalue weighted by atomic mass is 9.99. The third kappa shape index (κ3) is 2.64. The second-order valence-corrected chi connectivity index (χ2v) is 6.43.